The quantitative estimate of drug-likeness (QED) is 0.835. The average molecular weight is 344 g/mol. The van der Waals surface area contributed by atoms with Gasteiger partial charge in [-0.25, -0.2) is 13.1 Å². The fourth-order valence-electron chi connectivity index (χ4n) is 2.60. The number of sulfonamides is 1. The summed E-state index contributed by atoms with van der Waals surface area (Å²) in [6.45, 7) is 1.75. The van der Waals surface area contributed by atoms with Gasteiger partial charge in [0, 0.05) is 13.1 Å². The molecular formula is C17H16N2O4S. The van der Waals surface area contributed by atoms with Crippen LogP contribution in [0, 0.1) is 6.92 Å². The van der Waals surface area contributed by atoms with E-state index < -0.39 is 21.8 Å². The molecule has 0 saturated heterocycles. The van der Waals surface area contributed by atoms with Gasteiger partial charge in [0.15, 0.2) is 0 Å². The van der Waals surface area contributed by atoms with Crippen LogP contribution in [0.4, 0.5) is 0 Å². The molecule has 24 heavy (non-hydrogen) atoms. The standard InChI is InChI=1S/C17H16N2O4S/c1-12-5-4-6-13(11-12)24(22,23)18-9-10-19-16(20)14-7-2-3-8-15(14)17(19)21/h2-8,11,18H,9-10H2,1H3. The van der Waals surface area contributed by atoms with Crippen molar-refractivity contribution in [2.75, 3.05) is 13.1 Å². The Bertz CT molecular complexity index is 887. The van der Waals surface area contributed by atoms with Crippen molar-refractivity contribution < 1.29 is 18.0 Å². The number of hydrogen-bond donors (Lipinski definition) is 1. The van der Waals surface area contributed by atoms with Crippen LogP contribution < -0.4 is 4.72 Å². The summed E-state index contributed by atoms with van der Waals surface area (Å²) in [6, 6.07) is 13.1. The minimum absolute atomic E-state index is 0.0165. The number of rotatable bonds is 5. The monoisotopic (exact) mass is 344 g/mol. The molecule has 7 heteroatoms. The molecule has 0 aromatic heterocycles. The summed E-state index contributed by atoms with van der Waals surface area (Å²) < 4.78 is 26.9. The van der Waals surface area contributed by atoms with Crippen LogP contribution in [0.2, 0.25) is 0 Å². The number of carbonyl (C=O) groups is 2. The van der Waals surface area contributed by atoms with Crippen LogP contribution in [0.25, 0.3) is 0 Å². The second kappa shape index (κ2) is 6.18. The fraction of sp³-hybridized carbons (Fsp3) is 0.176. The van der Waals surface area contributed by atoms with Crippen molar-refractivity contribution in [1.82, 2.24) is 9.62 Å². The molecule has 2 amide bonds. The molecule has 124 valence electrons. The summed E-state index contributed by atoms with van der Waals surface area (Å²) in [6.07, 6.45) is 0. The highest BCUT2D eigenvalue weighted by atomic mass is 32.2. The van der Waals surface area contributed by atoms with Crippen molar-refractivity contribution in [3.8, 4) is 0 Å². The second-order valence-electron chi connectivity index (χ2n) is 5.52. The Morgan fingerprint density at radius 2 is 1.58 bits per heavy atom. The molecule has 3 rings (SSSR count). The van der Waals surface area contributed by atoms with Crippen LogP contribution in [-0.4, -0.2) is 38.2 Å². The van der Waals surface area contributed by atoms with Crippen LogP contribution in [0.3, 0.4) is 0 Å². The first-order chi connectivity index (χ1) is 11.4. The molecule has 0 saturated carbocycles. The maximum Gasteiger partial charge on any atom is 0.261 e. The van der Waals surface area contributed by atoms with Crippen molar-refractivity contribution in [1.29, 1.82) is 0 Å². The Balaban J connectivity index is 1.67. The predicted octanol–water partition coefficient (Wildman–Crippen LogP) is 1.57. The van der Waals surface area contributed by atoms with E-state index in [0.29, 0.717) is 11.1 Å². The topological polar surface area (TPSA) is 83.6 Å². The van der Waals surface area contributed by atoms with E-state index in [-0.39, 0.29) is 18.0 Å². The highest BCUT2D eigenvalue weighted by Gasteiger charge is 2.34. The van der Waals surface area contributed by atoms with E-state index in [0.717, 1.165) is 10.5 Å². The van der Waals surface area contributed by atoms with E-state index in [9.17, 15) is 18.0 Å². The smallest absolute Gasteiger partial charge is 0.261 e. The third kappa shape index (κ3) is 2.95. The van der Waals surface area contributed by atoms with Gasteiger partial charge in [-0.15, -0.1) is 0 Å². The number of nitrogens with one attached hydrogen (secondary N) is 1. The van der Waals surface area contributed by atoms with Gasteiger partial charge in [0.05, 0.1) is 16.0 Å². The zero-order chi connectivity index (χ0) is 17.3. The van der Waals surface area contributed by atoms with Gasteiger partial charge in [-0.2, -0.15) is 0 Å². The van der Waals surface area contributed by atoms with Crippen molar-refractivity contribution in [3.05, 3.63) is 65.2 Å². The van der Waals surface area contributed by atoms with Gasteiger partial charge in [0.2, 0.25) is 10.0 Å². The number of amides is 2. The van der Waals surface area contributed by atoms with Crippen molar-refractivity contribution in [2.45, 2.75) is 11.8 Å². The summed E-state index contributed by atoms with van der Waals surface area (Å²) >= 11 is 0. The Labute approximate surface area is 140 Å². The zero-order valence-electron chi connectivity index (χ0n) is 13.0. The summed E-state index contributed by atoms with van der Waals surface area (Å²) in [5.74, 6) is -0.796. The number of fused-ring (bicyclic) bond motifs is 1. The SMILES string of the molecule is Cc1cccc(S(=O)(=O)NCCN2C(=O)c3ccccc3C2=O)c1. The first kappa shape index (κ1) is 16.4. The summed E-state index contributed by atoms with van der Waals surface area (Å²) in [5.41, 5.74) is 1.53. The highest BCUT2D eigenvalue weighted by molar-refractivity contribution is 7.89. The minimum Gasteiger partial charge on any atom is -0.273 e. The van der Waals surface area contributed by atoms with E-state index in [1.165, 1.54) is 6.07 Å². The van der Waals surface area contributed by atoms with Crippen LogP contribution in [0.1, 0.15) is 26.3 Å². The maximum atomic E-state index is 12.2. The summed E-state index contributed by atoms with van der Waals surface area (Å²) in [4.78, 5) is 25.6. The Hall–Kier alpha value is -2.51. The summed E-state index contributed by atoms with van der Waals surface area (Å²) in [5, 5.41) is 0. The second-order valence-corrected chi connectivity index (χ2v) is 7.29. The van der Waals surface area contributed by atoms with E-state index in [1.54, 1.807) is 49.4 Å². The Morgan fingerprint density at radius 3 is 2.17 bits per heavy atom. The number of hydrogen-bond acceptors (Lipinski definition) is 4. The molecule has 2 aromatic carbocycles. The number of imide groups is 1. The first-order valence-electron chi connectivity index (χ1n) is 7.42. The third-order valence-corrected chi connectivity index (χ3v) is 5.26. The molecule has 1 aliphatic heterocycles. The van der Waals surface area contributed by atoms with Gasteiger partial charge in [0.25, 0.3) is 11.8 Å². The number of aryl methyl sites for hydroxylation is 1. The normalized spacial score (nSPS) is 14.1. The molecule has 0 atom stereocenters. The van der Waals surface area contributed by atoms with Gasteiger partial charge < -0.3 is 0 Å². The van der Waals surface area contributed by atoms with E-state index in [2.05, 4.69) is 4.72 Å². The molecule has 1 heterocycles. The molecule has 1 N–H and O–H groups in total. The highest BCUT2D eigenvalue weighted by Crippen LogP contribution is 2.21. The average Bonchev–Trinajstić information content (AvgIpc) is 2.80. The molecule has 0 unspecified atom stereocenters. The maximum absolute atomic E-state index is 12.2. The van der Waals surface area contributed by atoms with Gasteiger partial charge in [0.1, 0.15) is 0 Å². The number of benzene rings is 2. The van der Waals surface area contributed by atoms with Crippen LogP contribution in [0.15, 0.2) is 53.4 Å². The fourth-order valence-corrected chi connectivity index (χ4v) is 3.73. The van der Waals surface area contributed by atoms with Gasteiger partial charge in [-0.3, -0.25) is 14.5 Å². The van der Waals surface area contributed by atoms with Gasteiger partial charge >= 0.3 is 0 Å². The Kier molecular flexibility index (Phi) is 4.21. The largest absolute Gasteiger partial charge is 0.273 e. The molecule has 0 aliphatic carbocycles. The van der Waals surface area contributed by atoms with Crippen molar-refractivity contribution in [3.63, 3.8) is 0 Å². The van der Waals surface area contributed by atoms with E-state index in [4.69, 9.17) is 0 Å². The number of nitrogens with zero attached hydrogens (tertiary/aromatic N) is 1. The molecule has 2 aromatic rings. The lowest BCUT2D eigenvalue weighted by Crippen LogP contribution is -2.38. The zero-order valence-corrected chi connectivity index (χ0v) is 13.8. The molecule has 0 spiro atoms. The van der Waals surface area contributed by atoms with Crippen molar-refractivity contribution in [2.24, 2.45) is 0 Å². The molecule has 0 fully saturated rings. The lowest BCUT2D eigenvalue weighted by Gasteiger charge is -2.14. The lowest BCUT2D eigenvalue weighted by atomic mass is 10.1. The third-order valence-electron chi connectivity index (χ3n) is 3.81. The molecular weight excluding hydrogens is 328 g/mol. The van der Waals surface area contributed by atoms with Crippen molar-refractivity contribution >= 4 is 21.8 Å². The minimum atomic E-state index is -3.68. The molecule has 0 bridgehead atoms. The predicted molar refractivity (Wildman–Crippen MR) is 88.2 cm³/mol. The molecule has 6 nitrogen and oxygen atoms in total. The van der Waals surface area contributed by atoms with Crippen LogP contribution in [0.5, 0.6) is 0 Å². The first-order valence-corrected chi connectivity index (χ1v) is 8.90. The Morgan fingerprint density at radius 1 is 0.958 bits per heavy atom. The molecule has 1 aliphatic rings. The van der Waals surface area contributed by atoms with Gasteiger partial charge in [-0.05, 0) is 36.8 Å². The molecule has 0 radical (unpaired) electrons. The number of carbonyl (C=O) groups excluding carboxylic acids is 2. The van der Waals surface area contributed by atoms with Gasteiger partial charge in [-0.1, -0.05) is 24.3 Å². The summed E-state index contributed by atoms with van der Waals surface area (Å²) in [7, 11) is -3.68. The van der Waals surface area contributed by atoms with E-state index >= 15 is 0 Å². The van der Waals surface area contributed by atoms with Crippen LogP contribution in [-0.2, 0) is 10.0 Å². The lowest BCUT2D eigenvalue weighted by molar-refractivity contribution is 0.0657. The van der Waals surface area contributed by atoms with Crippen LogP contribution >= 0.6 is 0 Å². The van der Waals surface area contributed by atoms with E-state index in [1.807, 2.05) is 0 Å².